The van der Waals surface area contributed by atoms with Crippen LogP contribution in [0.3, 0.4) is 0 Å². The molecule has 1 aromatic heterocycles. The lowest BCUT2D eigenvalue weighted by atomic mass is 10.2. The van der Waals surface area contributed by atoms with E-state index in [0.29, 0.717) is 29.0 Å². The second-order valence-corrected chi connectivity index (χ2v) is 5.72. The third-order valence-corrected chi connectivity index (χ3v) is 3.42. The first-order chi connectivity index (χ1) is 12.0. The molecule has 132 valence electrons. The number of ether oxygens (including phenoxy) is 1. The molecule has 1 amide bonds. The molecule has 1 heterocycles. The average molecular weight is 342 g/mol. The van der Waals surface area contributed by atoms with Crippen LogP contribution in [0, 0.1) is 0 Å². The molecular weight excluding hydrogens is 320 g/mol. The van der Waals surface area contributed by atoms with Crippen LogP contribution in [0.1, 0.15) is 20.7 Å². The summed E-state index contributed by atoms with van der Waals surface area (Å²) in [5.74, 6) is -0.586. The number of carbonyl (C=O) groups excluding carboxylic acids is 2. The zero-order valence-electron chi connectivity index (χ0n) is 14.6. The first-order valence-corrected chi connectivity index (χ1v) is 7.83. The number of pyridine rings is 1. The first kappa shape index (κ1) is 18.4. The van der Waals surface area contributed by atoms with Gasteiger partial charge in [0.25, 0.3) is 5.91 Å². The standard InChI is InChI=1S/C18H22N4O3/c1-22(2)8-7-20-17(23)14-10-16(12-19-11-14)21-15-6-4-5-13(9-15)18(24)25-3/h4-6,9-12,21H,7-8H2,1-3H3,(H,20,23). The van der Waals surface area contributed by atoms with Gasteiger partial charge in [0.2, 0.25) is 0 Å². The average Bonchev–Trinajstić information content (AvgIpc) is 2.61. The normalized spacial score (nSPS) is 10.4. The predicted molar refractivity (Wildman–Crippen MR) is 96.2 cm³/mol. The highest BCUT2D eigenvalue weighted by atomic mass is 16.5. The number of hydrogen-bond acceptors (Lipinski definition) is 6. The smallest absolute Gasteiger partial charge is 0.337 e. The maximum Gasteiger partial charge on any atom is 0.337 e. The van der Waals surface area contributed by atoms with Crippen LogP contribution in [0.15, 0.2) is 42.7 Å². The Balaban J connectivity index is 2.06. The molecule has 2 aromatic rings. The van der Waals surface area contributed by atoms with Crippen LogP contribution in [0.25, 0.3) is 0 Å². The molecule has 0 radical (unpaired) electrons. The Bertz CT molecular complexity index is 747. The van der Waals surface area contributed by atoms with Gasteiger partial charge in [0.05, 0.1) is 30.1 Å². The Morgan fingerprint density at radius 1 is 1.12 bits per heavy atom. The Morgan fingerprint density at radius 2 is 1.88 bits per heavy atom. The summed E-state index contributed by atoms with van der Waals surface area (Å²) in [5.41, 5.74) is 2.27. The number of carbonyl (C=O) groups is 2. The predicted octanol–water partition coefficient (Wildman–Crippen LogP) is 1.90. The second kappa shape index (κ2) is 8.79. The van der Waals surface area contributed by atoms with E-state index < -0.39 is 5.97 Å². The molecule has 0 bridgehead atoms. The number of nitrogens with one attached hydrogen (secondary N) is 2. The van der Waals surface area contributed by atoms with Gasteiger partial charge in [-0.25, -0.2) is 4.79 Å². The fraction of sp³-hybridized carbons (Fsp3) is 0.278. The van der Waals surface area contributed by atoms with Crippen LogP contribution >= 0.6 is 0 Å². The van der Waals surface area contributed by atoms with Gasteiger partial charge in [0, 0.05) is 25.0 Å². The molecule has 0 aliphatic carbocycles. The number of amides is 1. The molecule has 0 saturated heterocycles. The van der Waals surface area contributed by atoms with Crippen molar-refractivity contribution in [1.82, 2.24) is 15.2 Å². The first-order valence-electron chi connectivity index (χ1n) is 7.83. The van der Waals surface area contributed by atoms with Gasteiger partial charge in [-0.2, -0.15) is 0 Å². The minimum absolute atomic E-state index is 0.179. The van der Waals surface area contributed by atoms with Crippen LogP contribution in [-0.2, 0) is 4.74 Å². The summed E-state index contributed by atoms with van der Waals surface area (Å²) in [7, 11) is 5.23. The highest BCUT2D eigenvalue weighted by Crippen LogP contribution is 2.18. The molecule has 0 unspecified atom stereocenters. The maximum absolute atomic E-state index is 12.2. The van der Waals surface area contributed by atoms with E-state index in [-0.39, 0.29) is 5.91 Å². The minimum atomic E-state index is -0.407. The summed E-state index contributed by atoms with van der Waals surface area (Å²) >= 11 is 0. The van der Waals surface area contributed by atoms with Crippen molar-refractivity contribution < 1.29 is 14.3 Å². The van der Waals surface area contributed by atoms with E-state index in [1.807, 2.05) is 25.1 Å². The minimum Gasteiger partial charge on any atom is -0.465 e. The lowest BCUT2D eigenvalue weighted by Gasteiger charge is -2.11. The van der Waals surface area contributed by atoms with Gasteiger partial charge in [-0.3, -0.25) is 9.78 Å². The Morgan fingerprint density at radius 3 is 2.60 bits per heavy atom. The van der Waals surface area contributed by atoms with Crippen molar-refractivity contribution in [2.45, 2.75) is 0 Å². The van der Waals surface area contributed by atoms with E-state index in [0.717, 1.165) is 6.54 Å². The molecule has 7 heteroatoms. The van der Waals surface area contributed by atoms with Gasteiger partial charge in [-0.05, 0) is 38.4 Å². The van der Waals surface area contributed by atoms with E-state index in [2.05, 4.69) is 15.6 Å². The van der Waals surface area contributed by atoms with Gasteiger partial charge in [0.1, 0.15) is 0 Å². The van der Waals surface area contributed by atoms with Crippen LogP contribution in [0.2, 0.25) is 0 Å². The van der Waals surface area contributed by atoms with E-state index in [1.54, 1.807) is 30.5 Å². The Kier molecular flexibility index (Phi) is 6.47. The Hall–Kier alpha value is -2.93. The lowest BCUT2D eigenvalue weighted by Crippen LogP contribution is -2.31. The fourth-order valence-electron chi connectivity index (χ4n) is 2.14. The van der Waals surface area contributed by atoms with Crippen molar-refractivity contribution >= 4 is 23.3 Å². The van der Waals surface area contributed by atoms with Gasteiger partial charge >= 0.3 is 5.97 Å². The molecule has 7 nitrogen and oxygen atoms in total. The summed E-state index contributed by atoms with van der Waals surface area (Å²) in [6, 6.07) is 8.62. The number of esters is 1. The SMILES string of the molecule is COC(=O)c1cccc(Nc2cncc(C(=O)NCCN(C)C)c2)c1. The zero-order valence-corrected chi connectivity index (χ0v) is 14.6. The Labute approximate surface area is 147 Å². The molecule has 25 heavy (non-hydrogen) atoms. The van der Waals surface area contributed by atoms with E-state index >= 15 is 0 Å². The molecule has 0 fully saturated rings. The molecule has 0 spiro atoms. The monoisotopic (exact) mass is 342 g/mol. The second-order valence-electron chi connectivity index (χ2n) is 5.72. The van der Waals surface area contributed by atoms with Crippen LogP contribution < -0.4 is 10.6 Å². The molecule has 2 rings (SSSR count). The maximum atomic E-state index is 12.2. The molecule has 1 aromatic carbocycles. The summed E-state index contributed by atoms with van der Waals surface area (Å²) in [5, 5.41) is 5.98. The molecule has 0 aliphatic heterocycles. The summed E-state index contributed by atoms with van der Waals surface area (Å²) in [6.07, 6.45) is 3.13. The summed E-state index contributed by atoms with van der Waals surface area (Å²) < 4.78 is 4.71. The number of benzene rings is 1. The molecule has 0 saturated carbocycles. The van der Waals surface area contributed by atoms with Gasteiger partial charge in [0.15, 0.2) is 0 Å². The molecule has 2 N–H and O–H groups in total. The van der Waals surface area contributed by atoms with E-state index in [4.69, 9.17) is 4.74 Å². The van der Waals surface area contributed by atoms with Crippen LogP contribution in [0.5, 0.6) is 0 Å². The molecule has 0 atom stereocenters. The number of aromatic nitrogens is 1. The van der Waals surface area contributed by atoms with E-state index in [9.17, 15) is 9.59 Å². The summed E-state index contributed by atoms with van der Waals surface area (Å²) in [4.78, 5) is 29.8. The number of nitrogens with zero attached hydrogens (tertiary/aromatic N) is 2. The largest absolute Gasteiger partial charge is 0.465 e. The zero-order chi connectivity index (χ0) is 18.2. The van der Waals surface area contributed by atoms with E-state index in [1.165, 1.54) is 13.3 Å². The number of methoxy groups -OCH3 is 1. The highest BCUT2D eigenvalue weighted by Gasteiger charge is 2.08. The van der Waals surface area contributed by atoms with Crippen LogP contribution in [0.4, 0.5) is 11.4 Å². The van der Waals surface area contributed by atoms with Crippen molar-refractivity contribution in [1.29, 1.82) is 0 Å². The number of likely N-dealkylation sites (N-methyl/N-ethyl adjacent to an activating group) is 1. The molecular formula is C18H22N4O3. The number of hydrogen-bond donors (Lipinski definition) is 2. The van der Waals surface area contributed by atoms with Gasteiger partial charge in [-0.1, -0.05) is 6.07 Å². The van der Waals surface area contributed by atoms with Crippen molar-refractivity contribution in [3.63, 3.8) is 0 Å². The number of anilines is 2. The topological polar surface area (TPSA) is 83.6 Å². The third kappa shape index (κ3) is 5.58. The van der Waals surface area contributed by atoms with Gasteiger partial charge in [-0.15, -0.1) is 0 Å². The van der Waals surface area contributed by atoms with Crippen molar-refractivity contribution in [2.24, 2.45) is 0 Å². The quantitative estimate of drug-likeness (QED) is 0.748. The highest BCUT2D eigenvalue weighted by molar-refractivity contribution is 5.95. The molecule has 0 aliphatic rings. The summed E-state index contributed by atoms with van der Waals surface area (Å²) in [6.45, 7) is 1.32. The number of rotatable bonds is 7. The van der Waals surface area contributed by atoms with Crippen LogP contribution in [-0.4, -0.2) is 56.1 Å². The van der Waals surface area contributed by atoms with Crippen molar-refractivity contribution in [3.8, 4) is 0 Å². The lowest BCUT2D eigenvalue weighted by molar-refractivity contribution is 0.0600. The fourth-order valence-corrected chi connectivity index (χ4v) is 2.14. The van der Waals surface area contributed by atoms with Gasteiger partial charge < -0.3 is 20.3 Å². The third-order valence-electron chi connectivity index (χ3n) is 3.42. The van der Waals surface area contributed by atoms with Crippen molar-refractivity contribution in [3.05, 3.63) is 53.9 Å². The van der Waals surface area contributed by atoms with Crippen molar-refractivity contribution in [2.75, 3.05) is 39.6 Å².